The summed E-state index contributed by atoms with van der Waals surface area (Å²) in [5, 5.41) is 2.86. The van der Waals surface area contributed by atoms with E-state index >= 15 is 0 Å². The molecular formula is C11H11ClF3N. The number of hydrogen-bond acceptors (Lipinski definition) is 1. The second-order valence-corrected chi connectivity index (χ2v) is 4.45. The highest BCUT2D eigenvalue weighted by atomic mass is 35.5. The van der Waals surface area contributed by atoms with Crippen LogP contribution in [-0.2, 0) is 12.6 Å². The van der Waals surface area contributed by atoms with Crippen LogP contribution in [0.2, 0.25) is 5.02 Å². The largest absolute Gasteiger partial charge is 0.417 e. The molecule has 0 aromatic heterocycles. The maximum atomic E-state index is 12.6. The zero-order chi connectivity index (χ0) is 11.8. The van der Waals surface area contributed by atoms with Crippen molar-refractivity contribution < 1.29 is 13.2 Å². The van der Waals surface area contributed by atoms with Crippen LogP contribution in [0.1, 0.15) is 11.1 Å². The third kappa shape index (κ3) is 2.50. The molecule has 0 amide bonds. The Kier molecular flexibility index (Phi) is 3.13. The molecule has 0 aliphatic carbocycles. The molecule has 0 unspecified atom stereocenters. The number of benzene rings is 1. The summed E-state index contributed by atoms with van der Waals surface area (Å²) in [6, 6.07) is 4.14. The number of nitrogens with one attached hydrogen (secondary N) is 1. The highest BCUT2D eigenvalue weighted by Crippen LogP contribution is 2.35. The van der Waals surface area contributed by atoms with Crippen LogP contribution in [0.25, 0.3) is 0 Å². The van der Waals surface area contributed by atoms with Crippen LogP contribution in [-0.4, -0.2) is 13.1 Å². The first-order chi connectivity index (χ1) is 7.47. The van der Waals surface area contributed by atoms with Crippen molar-refractivity contribution in [1.82, 2.24) is 5.32 Å². The summed E-state index contributed by atoms with van der Waals surface area (Å²) in [4.78, 5) is 0. The molecule has 1 saturated heterocycles. The van der Waals surface area contributed by atoms with E-state index < -0.39 is 11.7 Å². The molecule has 1 nitrogen and oxygen atoms in total. The maximum Gasteiger partial charge on any atom is 0.417 e. The fraction of sp³-hybridized carbons (Fsp3) is 0.455. The van der Waals surface area contributed by atoms with Crippen LogP contribution in [0.5, 0.6) is 0 Å². The van der Waals surface area contributed by atoms with Gasteiger partial charge in [-0.1, -0.05) is 17.7 Å². The normalized spacial score (nSPS) is 17.2. The van der Waals surface area contributed by atoms with Gasteiger partial charge in [-0.2, -0.15) is 13.2 Å². The standard InChI is InChI=1S/C11H11ClF3N/c12-10-2-1-7(3-8-5-16-6-8)4-9(10)11(13,14)15/h1-2,4,8,16H,3,5-6H2. The average molecular weight is 250 g/mol. The van der Waals surface area contributed by atoms with Gasteiger partial charge in [-0.15, -0.1) is 0 Å². The Bertz CT molecular complexity index is 385. The van der Waals surface area contributed by atoms with Gasteiger partial charge < -0.3 is 5.32 Å². The van der Waals surface area contributed by atoms with Gasteiger partial charge in [0.25, 0.3) is 0 Å². The first-order valence-electron chi connectivity index (χ1n) is 5.03. The molecule has 1 aliphatic heterocycles. The Morgan fingerprint density at radius 2 is 2.00 bits per heavy atom. The zero-order valence-corrected chi connectivity index (χ0v) is 9.20. The molecule has 88 valence electrons. The molecule has 2 rings (SSSR count). The van der Waals surface area contributed by atoms with Crippen LogP contribution >= 0.6 is 11.6 Å². The van der Waals surface area contributed by atoms with Crippen molar-refractivity contribution in [3.8, 4) is 0 Å². The smallest absolute Gasteiger partial charge is 0.316 e. The van der Waals surface area contributed by atoms with Gasteiger partial charge in [-0.05, 0) is 43.1 Å². The Balaban J connectivity index is 2.20. The summed E-state index contributed by atoms with van der Waals surface area (Å²) >= 11 is 5.53. The Labute approximate surface area is 96.6 Å². The molecule has 1 aromatic rings. The van der Waals surface area contributed by atoms with E-state index in [-0.39, 0.29) is 5.02 Å². The molecule has 1 aromatic carbocycles. The molecule has 1 N–H and O–H groups in total. The van der Waals surface area contributed by atoms with Crippen molar-refractivity contribution >= 4 is 11.6 Å². The number of alkyl halides is 3. The molecule has 0 spiro atoms. The van der Waals surface area contributed by atoms with Crippen LogP contribution in [0.4, 0.5) is 13.2 Å². The topological polar surface area (TPSA) is 12.0 Å². The van der Waals surface area contributed by atoms with Crippen LogP contribution < -0.4 is 5.32 Å². The molecule has 1 aliphatic rings. The quantitative estimate of drug-likeness (QED) is 0.849. The third-order valence-corrected chi connectivity index (χ3v) is 3.06. The van der Waals surface area contributed by atoms with E-state index in [1.54, 1.807) is 6.07 Å². The minimum absolute atomic E-state index is 0.233. The van der Waals surface area contributed by atoms with E-state index in [1.165, 1.54) is 6.07 Å². The van der Waals surface area contributed by atoms with Gasteiger partial charge in [0.15, 0.2) is 0 Å². The van der Waals surface area contributed by atoms with E-state index in [2.05, 4.69) is 5.32 Å². The molecule has 0 saturated carbocycles. The predicted octanol–water partition coefficient (Wildman–Crippen LogP) is 3.12. The molecule has 16 heavy (non-hydrogen) atoms. The van der Waals surface area contributed by atoms with Gasteiger partial charge >= 0.3 is 6.18 Å². The van der Waals surface area contributed by atoms with Crippen LogP contribution in [0.15, 0.2) is 18.2 Å². The highest BCUT2D eigenvalue weighted by molar-refractivity contribution is 6.31. The lowest BCUT2D eigenvalue weighted by molar-refractivity contribution is -0.137. The van der Waals surface area contributed by atoms with Crippen LogP contribution in [0.3, 0.4) is 0 Å². The van der Waals surface area contributed by atoms with Gasteiger partial charge in [0, 0.05) is 0 Å². The van der Waals surface area contributed by atoms with E-state index in [0.29, 0.717) is 17.9 Å². The lowest BCUT2D eigenvalue weighted by Gasteiger charge is -2.27. The molecule has 0 radical (unpaired) electrons. The number of halogens is 4. The summed E-state index contributed by atoms with van der Waals surface area (Å²) < 4.78 is 37.7. The van der Waals surface area contributed by atoms with Gasteiger partial charge in [0.2, 0.25) is 0 Å². The predicted molar refractivity (Wildman–Crippen MR) is 56.5 cm³/mol. The second kappa shape index (κ2) is 4.26. The number of rotatable bonds is 2. The van der Waals surface area contributed by atoms with Crippen molar-refractivity contribution in [1.29, 1.82) is 0 Å². The molecule has 5 heteroatoms. The van der Waals surface area contributed by atoms with Crippen molar-refractivity contribution in [2.24, 2.45) is 5.92 Å². The Morgan fingerprint density at radius 1 is 1.31 bits per heavy atom. The minimum Gasteiger partial charge on any atom is -0.316 e. The van der Waals surface area contributed by atoms with Crippen molar-refractivity contribution in [2.45, 2.75) is 12.6 Å². The molecule has 0 atom stereocenters. The lowest BCUT2D eigenvalue weighted by atomic mass is 9.93. The van der Waals surface area contributed by atoms with E-state index in [9.17, 15) is 13.2 Å². The third-order valence-electron chi connectivity index (χ3n) is 2.73. The Hall–Kier alpha value is -0.740. The first kappa shape index (κ1) is 11.7. The average Bonchev–Trinajstić information content (AvgIpc) is 2.12. The lowest BCUT2D eigenvalue weighted by Crippen LogP contribution is -2.43. The van der Waals surface area contributed by atoms with Gasteiger partial charge in [0.05, 0.1) is 10.6 Å². The summed E-state index contributed by atoms with van der Waals surface area (Å²) in [5.41, 5.74) is -0.0397. The number of hydrogen-bond donors (Lipinski definition) is 1. The minimum atomic E-state index is -4.37. The molecule has 1 fully saturated rings. The highest BCUT2D eigenvalue weighted by Gasteiger charge is 2.33. The van der Waals surface area contributed by atoms with Gasteiger partial charge in [-0.25, -0.2) is 0 Å². The monoisotopic (exact) mass is 249 g/mol. The van der Waals surface area contributed by atoms with Crippen LogP contribution in [0, 0.1) is 5.92 Å². The molecular weight excluding hydrogens is 239 g/mol. The van der Waals surface area contributed by atoms with Crippen molar-refractivity contribution in [2.75, 3.05) is 13.1 Å². The van der Waals surface area contributed by atoms with E-state index in [1.807, 2.05) is 0 Å². The van der Waals surface area contributed by atoms with E-state index in [0.717, 1.165) is 19.2 Å². The zero-order valence-electron chi connectivity index (χ0n) is 8.44. The summed E-state index contributed by atoms with van der Waals surface area (Å²) in [7, 11) is 0. The molecule has 1 heterocycles. The van der Waals surface area contributed by atoms with Crippen molar-refractivity contribution in [3.05, 3.63) is 34.3 Å². The SMILES string of the molecule is FC(F)(F)c1cc(CC2CNC2)ccc1Cl. The first-order valence-corrected chi connectivity index (χ1v) is 5.41. The summed E-state index contributed by atoms with van der Waals surface area (Å²) in [5.74, 6) is 0.447. The maximum absolute atomic E-state index is 12.6. The molecule has 0 bridgehead atoms. The van der Waals surface area contributed by atoms with Gasteiger partial charge in [0.1, 0.15) is 0 Å². The second-order valence-electron chi connectivity index (χ2n) is 4.04. The summed E-state index contributed by atoms with van der Waals surface area (Å²) in [6.45, 7) is 1.76. The van der Waals surface area contributed by atoms with Crippen molar-refractivity contribution in [3.63, 3.8) is 0 Å². The fourth-order valence-electron chi connectivity index (χ4n) is 1.74. The fourth-order valence-corrected chi connectivity index (χ4v) is 1.97. The van der Waals surface area contributed by atoms with E-state index in [4.69, 9.17) is 11.6 Å². The summed E-state index contributed by atoms with van der Waals surface area (Å²) in [6.07, 6.45) is -3.70. The Morgan fingerprint density at radius 3 is 2.50 bits per heavy atom. The van der Waals surface area contributed by atoms with Gasteiger partial charge in [-0.3, -0.25) is 0 Å².